The van der Waals surface area contributed by atoms with E-state index in [1.54, 1.807) is 89.3 Å². The standard InChI is InChI=1S/C54H47N13O9S6/c1-23-37(68)17-67-42(23)53-64-36(22-81-53)50-60-32(18-78-50)40-28(13-14-29(57-40)49-61-33(19-79-49)44(56)71)48-62-34(20-77-48)45(72)58-30(16-38(55)69)51-66-39(24(2)82-51)47(74)65-41(43(70)26-7-5-4-6-8-26)52-63-35(21-80-52)46(73)59-31(54(67)75)15-25-9-11-27(76-3)12-10-25/h4-14,18-23,30-31,37,41-43,68,70H,15-17H2,1-3H3,(H2,55,69)(H2,56,71)(H,58,72)(H,59,73)(H,65,74)/t23-,30-,31-,37-,41-,42+,43+/m0/s1. The number of primary amides is 2. The molecule has 2 aliphatic rings. The Morgan fingerprint density at radius 3 is 2.06 bits per heavy atom. The first kappa shape index (κ1) is 55.8. The summed E-state index contributed by atoms with van der Waals surface area (Å²) in [7, 11) is 1.54. The van der Waals surface area contributed by atoms with Gasteiger partial charge in [0.25, 0.3) is 23.6 Å². The van der Waals surface area contributed by atoms with Crippen molar-refractivity contribution < 1.29 is 43.7 Å². The van der Waals surface area contributed by atoms with Crippen LogP contribution in [-0.2, 0) is 16.0 Å². The lowest BCUT2D eigenvalue weighted by Gasteiger charge is -2.29. The van der Waals surface area contributed by atoms with Crippen LogP contribution in [0.1, 0.15) is 111 Å². The highest BCUT2D eigenvalue weighted by molar-refractivity contribution is 7.15. The van der Waals surface area contributed by atoms with E-state index in [0.29, 0.717) is 70.1 Å². The second-order valence-electron chi connectivity index (χ2n) is 19.1. The minimum Gasteiger partial charge on any atom is -0.497 e. The van der Waals surface area contributed by atoms with Crippen molar-refractivity contribution in [2.45, 2.75) is 63.1 Å². The van der Waals surface area contributed by atoms with Crippen LogP contribution in [0.5, 0.6) is 5.75 Å². The molecule has 9 aromatic rings. The summed E-state index contributed by atoms with van der Waals surface area (Å²) in [5.41, 5.74) is 14.4. The summed E-state index contributed by atoms with van der Waals surface area (Å²) in [4.78, 5) is 118. The third-order valence-corrected chi connectivity index (χ3v) is 19.2. The van der Waals surface area contributed by atoms with Crippen LogP contribution in [0.4, 0.5) is 0 Å². The molecular formula is C54H47N13O9S6. The summed E-state index contributed by atoms with van der Waals surface area (Å²) < 4.78 is 5.39. The highest BCUT2D eigenvalue weighted by Gasteiger charge is 2.45. The molecule has 9 heterocycles. The van der Waals surface area contributed by atoms with E-state index in [1.807, 2.05) is 12.3 Å². The number of pyridine rings is 1. The van der Waals surface area contributed by atoms with Gasteiger partial charge in [-0.1, -0.05) is 49.4 Å². The summed E-state index contributed by atoms with van der Waals surface area (Å²) in [5.74, 6) is -4.00. The molecule has 2 aliphatic heterocycles. The molecule has 418 valence electrons. The van der Waals surface area contributed by atoms with E-state index in [9.17, 15) is 34.2 Å². The zero-order valence-corrected chi connectivity index (χ0v) is 48.2. The molecule has 7 aromatic heterocycles. The molecule has 22 nitrogen and oxygen atoms in total. The molecule has 0 spiro atoms. The predicted octanol–water partition coefficient (Wildman–Crippen LogP) is 6.69. The molecule has 6 amide bonds. The number of nitrogens with one attached hydrogen (secondary N) is 3. The van der Waals surface area contributed by atoms with Gasteiger partial charge < -0.3 is 47.3 Å². The van der Waals surface area contributed by atoms with Crippen molar-refractivity contribution in [3.05, 3.63) is 147 Å². The van der Waals surface area contributed by atoms with E-state index in [1.165, 1.54) is 51.9 Å². The summed E-state index contributed by atoms with van der Waals surface area (Å²) in [5, 5.41) is 42.4. The number of ether oxygens (including phenoxy) is 1. The molecular weight excluding hydrogens is 1170 g/mol. The van der Waals surface area contributed by atoms with Gasteiger partial charge in [0.15, 0.2) is 0 Å². The Balaban J connectivity index is 1.02. The number of carbonyl (C=O) groups is 6. The first-order chi connectivity index (χ1) is 39.5. The van der Waals surface area contributed by atoms with Gasteiger partial charge >= 0.3 is 0 Å². The van der Waals surface area contributed by atoms with Crippen molar-refractivity contribution in [2.24, 2.45) is 17.4 Å². The number of nitrogens with two attached hydrogens (primary N) is 2. The molecule has 0 saturated carbocycles. The smallest absolute Gasteiger partial charge is 0.271 e. The monoisotopic (exact) mass is 1210 g/mol. The maximum Gasteiger partial charge on any atom is 0.271 e. The maximum atomic E-state index is 15.2. The number of rotatable bonds is 9. The third-order valence-electron chi connectivity index (χ3n) is 13.7. The van der Waals surface area contributed by atoms with E-state index >= 15 is 4.79 Å². The number of amides is 6. The molecule has 7 atom stereocenters. The number of aryl methyl sites for hydroxylation is 1. The van der Waals surface area contributed by atoms with Gasteiger partial charge in [0.1, 0.15) is 93.8 Å². The van der Waals surface area contributed by atoms with Crippen molar-refractivity contribution >= 4 is 103 Å². The second kappa shape index (κ2) is 23.4. The Bertz CT molecular complexity index is 3910. The lowest BCUT2D eigenvalue weighted by atomic mass is 10.00. The summed E-state index contributed by atoms with van der Waals surface area (Å²) >= 11 is 6.95. The fourth-order valence-electron chi connectivity index (χ4n) is 9.44. The number of hydrogen-bond acceptors (Lipinski definition) is 22. The molecule has 28 heteroatoms. The number of nitrogens with zero attached hydrogens (tertiary/aromatic N) is 8. The van der Waals surface area contributed by atoms with Gasteiger partial charge in [-0.3, -0.25) is 28.8 Å². The largest absolute Gasteiger partial charge is 0.497 e. The number of carbonyl (C=O) groups excluding carboxylic acids is 6. The normalized spacial score (nSPS) is 19.8. The van der Waals surface area contributed by atoms with E-state index in [0.717, 1.165) is 34.0 Å². The quantitative estimate of drug-likeness (QED) is 0.0791. The average Bonchev–Trinajstić information content (AvgIpc) is 4.44. The number of methoxy groups -OCH3 is 1. The maximum absolute atomic E-state index is 15.2. The van der Waals surface area contributed by atoms with E-state index in [-0.39, 0.29) is 45.8 Å². The minimum absolute atomic E-state index is 0.0141. The van der Waals surface area contributed by atoms with Gasteiger partial charge in [-0.05, 0) is 42.3 Å². The Morgan fingerprint density at radius 2 is 1.33 bits per heavy atom. The van der Waals surface area contributed by atoms with Gasteiger partial charge in [0, 0.05) is 56.2 Å². The predicted molar refractivity (Wildman–Crippen MR) is 309 cm³/mol. The third kappa shape index (κ3) is 11.4. The van der Waals surface area contributed by atoms with Crippen LogP contribution in [0, 0.1) is 12.8 Å². The zero-order chi connectivity index (χ0) is 57.5. The number of benzene rings is 2. The Labute approximate surface area is 490 Å². The Morgan fingerprint density at radius 1 is 0.683 bits per heavy atom. The van der Waals surface area contributed by atoms with Crippen molar-refractivity contribution in [2.75, 3.05) is 13.7 Å². The van der Waals surface area contributed by atoms with Crippen LogP contribution in [0.15, 0.2) is 93.6 Å². The highest BCUT2D eigenvalue weighted by atomic mass is 32.1. The number of aliphatic hydroxyl groups is 2. The van der Waals surface area contributed by atoms with Crippen LogP contribution in [0.2, 0.25) is 0 Å². The number of hydrogen-bond donors (Lipinski definition) is 7. The van der Waals surface area contributed by atoms with Crippen LogP contribution >= 0.6 is 68.0 Å². The molecule has 0 radical (unpaired) electrons. The second-order valence-corrected chi connectivity index (χ2v) is 24.7. The molecule has 2 aromatic carbocycles. The fourth-order valence-corrected chi connectivity index (χ4v) is 14.8. The number of aliphatic hydroxyl groups excluding tert-OH is 2. The van der Waals surface area contributed by atoms with E-state index in [2.05, 4.69) is 30.9 Å². The number of fused-ring (bicyclic) bond motifs is 16. The molecule has 0 unspecified atom stereocenters. The van der Waals surface area contributed by atoms with Crippen molar-refractivity contribution in [3.63, 3.8) is 0 Å². The molecule has 1 fully saturated rings. The summed E-state index contributed by atoms with van der Waals surface area (Å²) in [6, 6.07) is 14.8. The molecule has 0 aliphatic carbocycles. The summed E-state index contributed by atoms with van der Waals surface area (Å²) in [6.07, 6.45) is -2.71. The van der Waals surface area contributed by atoms with Gasteiger partial charge in [-0.2, -0.15) is 0 Å². The van der Waals surface area contributed by atoms with Gasteiger partial charge in [-0.15, -0.1) is 68.0 Å². The van der Waals surface area contributed by atoms with E-state index in [4.69, 9.17) is 36.1 Å². The van der Waals surface area contributed by atoms with Gasteiger partial charge in [-0.25, -0.2) is 34.9 Å². The van der Waals surface area contributed by atoms with Crippen molar-refractivity contribution in [1.29, 1.82) is 0 Å². The van der Waals surface area contributed by atoms with Crippen LogP contribution in [0.3, 0.4) is 0 Å². The van der Waals surface area contributed by atoms with E-state index < -0.39 is 84.2 Å². The van der Waals surface area contributed by atoms with Crippen LogP contribution < -0.4 is 32.2 Å². The molecule has 1 saturated heterocycles. The topological polar surface area (TPSA) is 334 Å². The zero-order valence-electron chi connectivity index (χ0n) is 43.3. The molecule has 82 heavy (non-hydrogen) atoms. The van der Waals surface area contributed by atoms with Crippen LogP contribution in [0.25, 0.3) is 43.4 Å². The van der Waals surface area contributed by atoms with Crippen molar-refractivity contribution in [3.8, 4) is 49.1 Å². The fraction of sp³-hybridized carbons (Fsp3) is 0.241. The first-order valence-electron chi connectivity index (χ1n) is 25.1. The SMILES string of the molecule is COc1ccc(C[C@@H]2NC(=O)c3csc(n3)[C@H]([C@H](O)c3ccccc3)NC(=O)c3nc(sc3C)[C@H](CC(N)=O)NC(=O)c3csc(n3)-c3ccc(-c4nc(C(N)=O)cs4)nc3-c3csc(n3)-c3csc(n3)[C@H]3[C@@H](C)[C@@H](O)CN3C2=O)cc1. The van der Waals surface area contributed by atoms with Gasteiger partial charge in [0.05, 0.1) is 37.4 Å². The molecule has 10 bridgehead atoms. The van der Waals surface area contributed by atoms with Crippen molar-refractivity contribution in [1.82, 2.24) is 55.7 Å². The first-order valence-corrected chi connectivity index (χ1v) is 30.3. The highest BCUT2D eigenvalue weighted by Crippen LogP contribution is 2.43. The number of thiazole rings is 6. The number of aromatic nitrogens is 7. The summed E-state index contributed by atoms with van der Waals surface area (Å²) in [6.45, 7) is 3.41. The molecule has 11 rings (SSSR count). The lowest BCUT2D eigenvalue weighted by molar-refractivity contribution is -0.134. The Kier molecular flexibility index (Phi) is 15.9. The minimum atomic E-state index is -1.40. The average molecular weight is 1210 g/mol. The lowest BCUT2D eigenvalue weighted by Crippen LogP contribution is -2.50. The van der Waals surface area contributed by atoms with Gasteiger partial charge in [0.2, 0.25) is 11.8 Å². The molecule has 9 N–H and O–H groups in total. The van der Waals surface area contributed by atoms with Crippen LogP contribution in [-0.4, -0.2) is 111 Å². The Hall–Kier alpha value is -8.09.